The number of nitrogens with zero attached hydrogens (tertiary/aromatic N) is 1. The van der Waals surface area contributed by atoms with Gasteiger partial charge in [0.2, 0.25) is 0 Å². The summed E-state index contributed by atoms with van der Waals surface area (Å²) in [6, 6.07) is 7.01. The summed E-state index contributed by atoms with van der Waals surface area (Å²) in [4.78, 5) is 23.5. The highest BCUT2D eigenvalue weighted by atomic mass is 16.5. The van der Waals surface area contributed by atoms with Gasteiger partial charge in [0.15, 0.2) is 0 Å². The molecule has 22 heavy (non-hydrogen) atoms. The lowest BCUT2D eigenvalue weighted by Crippen LogP contribution is -2.35. The summed E-state index contributed by atoms with van der Waals surface area (Å²) in [7, 11) is 2.64. The molecule has 1 atom stereocenters. The Kier molecular flexibility index (Phi) is 4.65. The van der Waals surface area contributed by atoms with Gasteiger partial charge in [-0.25, -0.2) is 4.79 Å². The lowest BCUT2D eigenvalue weighted by Gasteiger charge is -2.17. The van der Waals surface area contributed by atoms with Crippen molar-refractivity contribution in [3.8, 4) is 0 Å². The van der Waals surface area contributed by atoms with Crippen LogP contribution in [0.2, 0.25) is 0 Å². The molecule has 1 aromatic carbocycles. The minimum atomic E-state index is -0.656. The lowest BCUT2D eigenvalue weighted by molar-refractivity contribution is -0.146. The molecule has 0 spiro atoms. The average Bonchev–Trinajstić information content (AvgIpc) is 2.79. The number of hydrogen-bond donors (Lipinski definition) is 0. The number of aromatic nitrogens is 1. The fourth-order valence-corrected chi connectivity index (χ4v) is 2.63. The Morgan fingerprint density at radius 1 is 1.09 bits per heavy atom. The van der Waals surface area contributed by atoms with Gasteiger partial charge in [-0.1, -0.05) is 37.4 Å². The molecular weight excluding hydrogens is 282 g/mol. The fourth-order valence-electron chi connectivity index (χ4n) is 2.63. The second-order valence-corrected chi connectivity index (χ2v) is 4.96. The van der Waals surface area contributed by atoms with Crippen LogP contribution in [0.1, 0.15) is 18.9 Å². The van der Waals surface area contributed by atoms with Crippen molar-refractivity contribution < 1.29 is 19.1 Å². The van der Waals surface area contributed by atoms with E-state index in [0.717, 1.165) is 10.8 Å². The molecule has 0 amide bonds. The largest absolute Gasteiger partial charge is 0.469 e. The molecule has 0 saturated carbocycles. The van der Waals surface area contributed by atoms with Crippen LogP contribution in [0, 0.1) is 0 Å². The monoisotopic (exact) mass is 301 g/mol. The van der Waals surface area contributed by atoms with Crippen LogP contribution >= 0.6 is 0 Å². The van der Waals surface area contributed by atoms with Crippen molar-refractivity contribution in [3.05, 3.63) is 35.0 Å². The maximum Gasteiger partial charge on any atom is 0.328 e. The number of carbonyl (C=O) groups excluding carboxylic acids is 2. The van der Waals surface area contributed by atoms with Crippen LogP contribution in [-0.2, 0) is 19.1 Å². The number of esters is 2. The third-order valence-corrected chi connectivity index (χ3v) is 3.76. The molecular formula is C17H19NO4. The van der Waals surface area contributed by atoms with Gasteiger partial charge in [-0.2, -0.15) is 0 Å². The third kappa shape index (κ3) is 2.74. The minimum absolute atomic E-state index is 0.115. The molecule has 5 nitrogen and oxygen atoms in total. The van der Waals surface area contributed by atoms with Crippen molar-refractivity contribution in [2.24, 2.45) is 0 Å². The smallest absolute Gasteiger partial charge is 0.328 e. The van der Waals surface area contributed by atoms with Crippen molar-refractivity contribution in [1.82, 2.24) is 4.57 Å². The Labute approximate surface area is 128 Å². The van der Waals surface area contributed by atoms with E-state index in [1.165, 1.54) is 14.2 Å². The number of rotatable bonds is 5. The van der Waals surface area contributed by atoms with E-state index in [1.807, 2.05) is 24.3 Å². The molecule has 2 rings (SSSR count). The molecule has 0 bridgehead atoms. The predicted molar refractivity (Wildman–Crippen MR) is 84.5 cm³/mol. The molecule has 0 aliphatic rings. The van der Waals surface area contributed by atoms with Crippen molar-refractivity contribution in [2.45, 2.75) is 18.9 Å². The number of ether oxygens (including phenoxy) is 2. The highest BCUT2D eigenvalue weighted by molar-refractivity contribution is 5.85. The Morgan fingerprint density at radius 3 is 2.09 bits per heavy atom. The van der Waals surface area contributed by atoms with Gasteiger partial charge in [0.1, 0.15) is 6.04 Å². The van der Waals surface area contributed by atoms with Crippen molar-refractivity contribution in [1.29, 1.82) is 0 Å². The molecule has 5 heteroatoms. The van der Waals surface area contributed by atoms with Crippen molar-refractivity contribution in [3.63, 3.8) is 0 Å². The molecule has 116 valence electrons. The zero-order valence-electron chi connectivity index (χ0n) is 12.8. The fraction of sp³-hybridized carbons (Fsp3) is 0.294. The van der Waals surface area contributed by atoms with Crippen molar-refractivity contribution in [2.75, 3.05) is 14.2 Å². The summed E-state index contributed by atoms with van der Waals surface area (Å²) in [5.41, 5.74) is 0. The maximum atomic E-state index is 12.1. The molecule has 0 N–H and O–H groups in total. The highest BCUT2D eigenvalue weighted by Crippen LogP contribution is 2.15. The SMILES string of the molecule is C=c1c2ccccc2c(=C)n1C(CCC(=O)OC)C(=O)OC. The van der Waals surface area contributed by atoms with Crippen LogP contribution in [0.15, 0.2) is 24.3 Å². The van der Waals surface area contributed by atoms with E-state index in [4.69, 9.17) is 4.74 Å². The number of fused-ring (bicyclic) bond motifs is 1. The first kappa shape index (κ1) is 15.8. The van der Waals surface area contributed by atoms with Crippen LogP contribution < -0.4 is 10.7 Å². The van der Waals surface area contributed by atoms with Gasteiger partial charge in [-0.15, -0.1) is 0 Å². The highest BCUT2D eigenvalue weighted by Gasteiger charge is 2.24. The Hall–Kier alpha value is -2.56. The molecule has 0 radical (unpaired) electrons. The standard InChI is InChI=1S/C17H19NO4/c1-11-13-7-5-6-8-14(13)12(2)18(11)15(17(20)22-4)9-10-16(19)21-3/h5-8,15H,1-2,9-10H2,3-4H3. The topological polar surface area (TPSA) is 57.5 Å². The Balaban J connectivity index is 2.52. The first-order valence-electron chi connectivity index (χ1n) is 6.92. The van der Waals surface area contributed by atoms with E-state index in [9.17, 15) is 9.59 Å². The lowest BCUT2D eigenvalue weighted by atomic mass is 10.1. The summed E-state index contributed by atoms with van der Waals surface area (Å²) in [5.74, 6) is -0.805. The predicted octanol–water partition coefficient (Wildman–Crippen LogP) is 1.13. The summed E-state index contributed by atoms with van der Waals surface area (Å²) in [6.07, 6.45) is 0.384. The first-order valence-corrected chi connectivity index (χ1v) is 6.92. The molecule has 1 heterocycles. The van der Waals surface area contributed by atoms with E-state index in [1.54, 1.807) is 4.57 Å². The van der Waals surface area contributed by atoms with E-state index in [2.05, 4.69) is 17.9 Å². The van der Waals surface area contributed by atoms with E-state index < -0.39 is 12.0 Å². The molecule has 0 saturated heterocycles. The van der Waals surface area contributed by atoms with Gasteiger partial charge in [0, 0.05) is 27.9 Å². The van der Waals surface area contributed by atoms with Gasteiger partial charge >= 0.3 is 11.9 Å². The van der Waals surface area contributed by atoms with Crippen LogP contribution in [0.5, 0.6) is 0 Å². The molecule has 2 aromatic rings. The van der Waals surface area contributed by atoms with E-state index in [0.29, 0.717) is 10.7 Å². The Morgan fingerprint density at radius 2 is 1.64 bits per heavy atom. The molecule has 0 aliphatic carbocycles. The zero-order chi connectivity index (χ0) is 16.3. The van der Waals surface area contributed by atoms with Gasteiger partial charge < -0.3 is 14.0 Å². The second-order valence-electron chi connectivity index (χ2n) is 4.96. The average molecular weight is 301 g/mol. The van der Waals surface area contributed by atoms with E-state index >= 15 is 0 Å². The van der Waals surface area contributed by atoms with E-state index in [-0.39, 0.29) is 18.8 Å². The second kappa shape index (κ2) is 6.47. The van der Waals surface area contributed by atoms with Gasteiger partial charge in [0.25, 0.3) is 0 Å². The molecule has 0 aliphatic heterocycles. The normalized spacial score (nSPS) is 12.1. The van der Waals surface area contributed by atoms with Crippen LogP contribution in [0.4, 0.5) is 0 Å². The van der Waals surface area contributed by atoms with Gasteiger partial charge in [0.05, 0.1) is 14.2 Å². The van der Waals surface area contributed by atoms with Crippen molar-refractivity contribution >= 4 is 35.9 Å². The Bertz CT molecular complexity index is 759. The van der Waals surface area contributed by atoms with Crippen LogP contribution in [0.3, 0.4) is 0 Å². The zero-order valence-corrected chi connectivity index (χ0v) is 12.8. The molecule has 1 aromatic heterocycles. The van der Waals surface area contributed by atoms with Gasteiger partial charge in [-0.05, 0) is 6.42 Å². The summed E-state index contributed by atoms with van der Waals surface area (Å²) in [5, 5.41) is 3.22. The quantitative estimate of drug-likeness (QED) is 0.777. The first-order chi connectivity index (χ1) is 10.5. The van der Waals surface area contributed by atoms with Crippen LogP contribution in [0.25, 0.3) is 23.9 Å². The summed E-state index contributed by atoms with van der Waals surface area (Å²) >= 11 is 0. The van der Waals surface area contributed by atoms with Crippen LogP contribution in [-0.4, -0.2) is 30.7 Å². The number of benzene rings is 1. The third-order valence-electron chi connectivity index (χ3n) is 3.76. The molecule has 0 fully saturated rings. The number of hydrogen-bond acceptors (Lipinski definition) is 4. The minimum Gasteiger partial charge on any atom is -0.469 e. The number of methoxy groups -OCH3 is 2. The van der Waals surface area contributed by atoms with Gasteiger partial charge in [-0.3, -0.25) is 4.79 Å². The summed E-state index contributed by atoms with van der Waals surface area (Å²) in [6.45, 7) is 8.11. The number of carbonyl (C=O) groups is 2. The summed E-state index contributed by atoms with van der Waals surface area (Å²) < 4.78 is 11.2. The molecule has 1 unspecified atom stereocenters. The maximum absolute atomic E-state index is 12.1.